The molecule has 0 atom stereocenters. The first kappa shape index (κ1) is 9.85. The van der Waals surface area contributed by atoms with Gasteiger partial charge in [0.15, 0.2) is 5.13 Å². The smallest absolute Gasteiger partial charge is 0.183 e. The zero-order valence-electron chi connectivity index (χ0n) is 9.29. The molecule has 1 N–H and O–H groups in total. The Morgan fingerprint density at radius 3 is 3.12 bits per heavy atom. The average molecular weight is 230 g/mol. The molecule has 1 aliphatic carbocycles. The fourth-order valence-corrected chi connectivity index (χ4v) is 3.09. The first-order chi connectivity index (χ1) is 7.88. The Labute approximate surface area is 99.4 Å². The molecule has 0 bridgehead atoms. The van der Waals surface area contributed by atoms with Crippen LogP contribution in [0.1, 0.15) is 23.8 Å². The van der Waals surface area contributed by atoms with Crippen LogP contribution in [0.3, 0.4) is 0 Å². The monoisotopic (exact) mass is 230 g/mol. The Balaban J connectivity index is 1.95. The molecule has 0 aliphatic heterocycles. The number of fused-ring (bicyclic) bond motifs is 3. The number of benzene rings is 1. The summed E-state index contributed by atoms with van der Waals surface area (Å²) in [6.45, 7) is 3.18. The van der Waals surface area contributed by atoms with E-state index in [0.717, 1.165) is 24.5 Å². The molecule has 2 nitrogen and oxygen atoms in total. The van der Waals surface area contributed by atoms with Gasteiger partial charge in [-0.3, -0.25) is 0 Å². The normalized spacial score (nSPS) is 12.3. The van der Waals surface area contributed by atoms with Gasteiger partial charge in [0.25, 0.3) is 0 Å². The van der Waals surface area contributed by atoms with Crippen LogP contribution in [0.5, 0.6) is 0 Å². The van der Waals surface area contributed by atoms with Gasteiger partial charge in [-0.15, -0.1) is 11.3 Å². The minimum absolute atomic E-state index is 1.01. The van der Waals surface area contributed by atoms with E-state index in [-0.39, 0.29) is 0 Å². The molecule has 0 fully saturated rings. The van der Waals surface area contributed by atoms with Gasteiger partial charge in [0.2, 0.25) is 0 Å². The Bertz CT molecular complexity index is 516. The van der Waals surface area contributed by atoms with E-state index in [0.29, 0.717) is 0 Å². The number of nitrogens with one attached hydrogen (secondary N) is 1. The fraction of sp³-hybridized carbons (Fsp3) is 0.308. The minimum atomic E-state index is 1.01. The number of aromatic nitrogens is 1. The average Bonchev–Trinajstić information content (AvgIpc) is 2.83. The Morgan fingerprint density at radius 2 is 2.25 bits per heavy atom. The highest BCUT2D eigenvalue weighted by Gasteiger charge is 2.22. The molecule has 82 valence electrons. The van der Waals surface area contributed by atoms with Crippen LogP contribution in [-0.2, 0) is 6.42 Å². The third-order valence-corrected chi connectivity index (χ3v) is 3.86. The van der Waals surface area contributed by atoms with Crippen LogP contribution >= 0.6 is 11.3 Å². The zero-order chi connectivity index (χ0) is 11.0. The van der Waals surface area contributed by atoms with Crippen molar-refractivity contribution in [2.24, 2.45) is 0 Å². The highest BCUT2D eigenvalue weighted by Crippen LogP contribution is 2.40. The molecule has 3 rings (SSSR count). The first-order valence-corrected chi connectivity index (χ1v) is 6.52. The van der Waals surface area contributed by atoms with E-state index in [1.165, 1.54) is 21.7 Å². The Kier molecular flexibility index (Phi) is 2.40. The van der Waals surface area contributed by atoms with Crippen molar-refractivity contribution in [3.05, 3.63) is 34.7 Å². The number of thiazole rings is 1. The summed E-state index contributed by atoms with van der Waals surface area (Å²) in [7, 11) is 0. The molecule has 16 heavy (non-hydrogen) atoms. The second kappa shape index (κ2) is 3.91. The van der Waals surface area contributed by atoms with E-state index < -0.39 is 0 Å². The van der Waals surface area contributed by atoms with Gasteiger partial charge >= 0.3 is 0 Å². The van der Waals surface area contributed by atoms with Gasteiger partial charge < -0.3 is 5.32 Å². The SMILES string of the molecule is CCCNc1nc2c(s1)Cc1ccccc1-2. The number of nitrogens with zero attached hydrogens (tertiary/aromatic N) is 1. The van der Waals surface area contributed by atoms with E-state index in [1.807, 2.05) is 0 Å². The standard InChI is InChI=1S/C13H14N2S/c1-2-7-14-13-15-12-10-6-4-3-5-9(10)8-11(12)16-13/h3-6H,2,7-8H2,1H3,(H,14,15). The Morgan fingerprint density at radius 1 is 1.38 bits per heavy atom. The molecule has 2 aromatic rings. The van der Waals surface area contributed by atoms with E-state index in [4.69, 9.17) is 0 Å². The summed E-state index contributed by atoms with van der Waals surface area (Å²) < 4.78 is 0. The summed E-state index contributed by atoms with van der Waals surface area (Å²) in [5, 5.41) is 4.43. The van der Waals surface area contributed by atoms with Crippen molar-refractivity contribution >= 4 is 16.5 Å². The van der Waals surface area contributed by atoms with Crippen molar-refractivity contribution in [2.75, 3.05) is 11.9 Å². The molecular formula is C13H14N2S. The second-order valence-electron chi connectivity index (χ2n) is 4.05. The summed E-state index contributed by atoms with van der Waals surface area (Å²) in [5.74, 6) is 0. The maximum atomic E-state index is 4.68. The number of anilines is 1. The summed E-state index contributed by atoms with van der Waals surface area (Å²) >= 11 is 1.80. The highest BCUT2D eigenvalue weighted by atomic mass is 32.1. The molecule has 0 amide bonds. The van der Waals surface area contributed by atoms with Crippen LogP contribution in [0.15, 0.2) is 24.3 Å². The van der Waals surface area contributed by atoms with Crippen LogP contribution in [0.4, 0.5) is 5.13 Å². The molecule has 0 saturated heterocycles. The molecule has 3 heteroatoms. The van der Waals surface area contributed by atoms with Crippen LogP contribution in [0.25, 0.3) is 11.3 Å². The van der Waals surface area contributed by atoms with E-state index >= 15 is 0 Å². The lowest BCUT2D eigenvalue weighted by molar-refractivity contribution is 0.976. The second-order valence-corrected chi connectivity index (χ2v) is 5.14. The van der Waals surface area contributed by atoms with Crippen LogP contribution < -0.4 is 5.32 Å². The van der Waals surface area contributed by atoms with Crippen molar-refractivity contribution < 1.29 is 0 Å². The van der Waals surface area contributed by atoms with Crippen molar-refractivity contribution in [2.45, 2.75) is 19.8 Å². The van der Waals surface area contributed by atoms with Crippen LogP contribution in [-0.4, -0.2) is 11.5 Å². The molecule has 1 aromatic carbocycles. The predicted octanol–water partition coefficient (Wildman–Crippen LogP) is 3.54. The van der Waals surface area contributed by atoms with Crippen LogP contribution in [0.2, 0.25) is 0 Å². The van der Waals surface area contributed by atoms with Gasteiger partial charge in [0.05, 0.1) is 5.69 Å². The molecule has 0 unspecified atom stereocenters. The van der Waals surface area contributed by atoms with Crippen molar-refractivity contribution in [3.63, 3.8) is 0 Å². The van der Waals surface area contributed by atoms with Gasteiger partial charge in [-0.2, -0.15) is 0 Å². The lowest BCUT2D eigenvalue weighted by Crippen LogP contribution is -1.98. The third kappa shape index (κ3) is 1.52. The molecule has 0 radical (unpaired) electrons. The maximum absolute atomic E-state index is 4.68. The van der Waals surface area contributed by atoms with Crippen LogP contribution in [0, 0.1) is 0 Å². The lowest BCUT2D eigenvalue weighted by Gasteiger charge is -2.00. The molecular weight excluding hydrogens is 216 g/mol. The highest BCUT2D eigenvalue weighted by molar-refractivity contribution is 7.16. The summed E-state index contributed by atoms with van der Waals surface area (Å²) in [4.78, 5) is 6.08. The number of hydrogen-bond donors (Lipinski definition) is 1. The number of rotatable bonds is 3. The van der Waals surface area contributed by atoms with Crippen molar-refractivity contribution in [3.8, 4) is 11.3 Å². The third-order valence-electron chi connectivity index (χ3n) is 2.85. The fourth-order valence-electron chi connectivity index (χ4n) is 2.07. The van der Waals surface area contributed by atoms with Crippen molar-refractivity contribution in [1.82, 2.24) is 4.98 Å². The summed E-state index contributed by atoms with van der Waals surface area (Å²) in [6, 6.07) is 8.56. The Hall–Kier alpha value is -1.35. The van der Waals surface area contributed by atoms with Gasteiger partial charge in [-0.25, -0.2) is 4.98 Å². The van der Waals surface area contributed by atoms with Gasteiger partial charge in [-0.1, -0.05) is 31.2 Å². The quantitative estimate of drug-likeness (QED) is 0.744. The van der Waals surface area contributed by atoms with Gasteiger partial charge in [0, 0.05) is 23.4 Å². The molecule has 1 aliphatic rings. The van der Waals surface area contributed by atoms with E-state index in [1.54, 1.807) is 11.3 Å². The number of hydrogen-bond acceptors (Lipinski definition) is 3. The van der Waals surface area contributed by atoms with Gasteiger partial charge in [0.1, 0.15) is 0 Å². The molecule has 1 heterocycles. The first-order valence-electron chi connectivity index (χ1n) is 5.70. The van der Waals surface area contributed by atoms with Gasteiger partial charge in [-0.05, 0) is 12.0 Å². The van der Waals surface area contributed by atoms with Crippen molar-refractivity contribution in [1.29, 1.82) is 0 Å². The minimum Gasteiger partial charge on any atom is -0.362 e. The summed E-state index contributed by atoms with van der Waals surface area (Å²) in [5.41, 5.74) is 3.93. The zero-order valence-corrected chi connectivity index (χ0v) is 10.1. The van der Waals surface area contributed by atoms with E-state index in [9.17, 15) is 0 Å². The summed E-state index contributed by atoms with van der Waals surface area (Å²) in [6.07, 6.45) is 2.19. The van der Waals surface area contributed by atoms with E-state index in [2.05, 4.69) is 41.5 Å². The maximum Gasteiger partial charge on any atom is 0.183 e. The molecule has 1 aromatic heterocycles. The predicted molar refractivity (Wildman–Crippen MR) is 69.1 cm³/mol. The lowest BCUT2D eigenvalue weighted by atomic mass is 10.1. The molecule has 0 saturated carbocycles. The largest absolute Gasteiger partial charge is 0.362 e. The topological polar surface area (TPSA) is 24.9 Å². The molecule has 0 spiro atoms.